The highest BCUT2D eigenvalue weighted by Crippen LogP contribution is 2.25. The summed E-state index contributed by atoms with van der Waals surface area (Å²) in [7, 11) is 0.440. The molecule has 1 unspecified atom stereocenters. The predicted octanol–water partition coefficient (Wildman–Crippen LogP) is 2.89. The third-order valence-electron chi connectivity index (χ3n) is 3.09. The zero-order chi connectivity index (χ0) is 13.8. The van der Waals surface area contributed by atoms with Crippen LogP contribution in [-0.4, -0.2) is 11.3 Å². The van der Waals surface area contributed by atoms with Crippen molar-refractivity contribution < 1.29 is 8.95 Å². The van der Waals surface area contributed by atoms with Gasteiger partial charge >= 0.3 is 0 Å². The van der Waals surface area contributed by atoms with E-state index in [2.05, 4.69) is 0 Å². The third kappa shape index (κ3) is 2.96. The van der Waals surface area contributed by atoms with Gasteiger partial charge in [0.25, 0.3) is 0 Å². The van der Waals surface area contributed by atoms with E-state index in [1.54, 1.807) is 7.11 Å². The summed E-state index contributed by atoms with van der Waals surface area (Å²) in [6, 6.07) is 13.1. The molecule has 0 spiro atoms. The van der Waals surface area contributed by atoms with E-state index in [1.165, 1.54) is 0 Å². The molecule has 1 atom stereocenters. The molecule has 0 aliphatic heterocycles. The van der Waals surface area contributed by atoms with Crippen molar-refractivity contribution in [1.29, 1.82) is 0 Å². The molecule has 0 aromatic heterocycles. The molecule has 2 aromatic rings. The number of nitrogens with two attached hydrogens (primary N) is 1. The molecule has 0 amide bonds. The third-order valence-corrected chi connectivity index (χ3v) is 4.49. The van der Waals surface area contributed by atoms with Crippen molar-refractivity contribution in [2.24, 2.45) is 0 Å². The van der Waals surface area contributed by atoms with Crippen molar-refractivity contribution in [2.75, 3.05) is 12.8 Å². The Morgan fingerprint density at radius 1 is 1.16 bits per heavy atom. The lowest BCUT2D eigenvalue weighted by molar-refractivity contribution is 0.404. The van der Waals surface area contributed by atoms with Crippen LogP contribution in [0, 0.1) is 6.92 Å². The van der Waals surface area contributed by atoms with Gasteiger partial charge in [-0.1, -0.05) is 24.3 Å². The maximum absolute atomic E-state index is 12.4. The topological polar surface area (TPSA) is 52.3 Å². The van der Waals surface area contributed by atoms with E-state index in [-0.39, 0.29) is 0 Å². The maximum Gasteiger partial charge on any atom is 0.134 e. The van der Waals surface area contributed by atoms with Crippen LogP contribution in [0.25, 0.3) is 0 Å². The molecule has 100 valence electrons. The van der Waals surface area contributed by atoms with Crippen LogP contribution >= 0.6 is 0 Å². The number of ether oxygens (including phenoxy) is 1. The number of para-hydroxylation sites is 1. The Labute approximate surface area is 115 Å². The minimum absolute atomic E-state index is 0.442. The van der Waals surface area contributed by atoms with E-state index in [0.717, 1.165) is 16.8 Å². The van der Waals surface area contributed by atoms with Gasteiger partial charge in [0.1, 0.15) is 5.75 Å². The summed E-state index contributed by atoms with van der Waals surface area (Å²) < 4.78 is 17.7. The largest absolute Gasteiger partial charge is 0.495 e. The Morgan fingerprint density at radius 2 is 1.89 bits per heavy atom. The van der Waals surface area contributed by atoms with E-state index in [1.807, 2.05) is 49.4 Å². The first-order valence-corrected chi connectivity index (χ1v) is 7.30. The second-order valence-corrected chi connectivity index (χ2v) is 5.69. The normalized spacial score (nSPS) is 12.1. The van der Waals surface area contributed by atoms with Crippen molar-refractivity contribution in [1.82, 2.24) is 0 Å². The van der Waals surface area contributed by atoms with Crippen molar-refractivity contribution in [3.8, 4) is 5.75 Å². The summed E-state index contributed by atoms with van der Waals surface area (Å²) >= 11 is 0. The van der Waals surface area contributed by atoms with Gasteiger partial charge in [-0.15, -0.1) is 0 Å². The summed E-state index contributed by atoms with van der Waals surface area (Å²) in [4.78, 5) is 0.715. The van der Waals surface area contributed by atoms with Gasteiger partial charge in [-0.05, 0) is 36.2 Å². The summed E-state index contributed by atoms with van der Waals surface area (Å²) in [6.45, 7) is 1.95. The van der Waals surface area contributed by atoms with Crippen LogP contribution in [0.1, 0.15) is 11.1 Å². The van der Waals surface area contributed by atoms with E-state index >= 15 is 0 Å². The van der Waals surface area contributed by atoms with Crippen LogP contribution < -0.4 is 10.5 Å². The molecular formula is C15H17NO2S. The first-order chi connectivity index (χ1) is 9.13. The van der Waals surface area contributed by atoms with Crippen LogP contribution in [0.5, 0.6) is 5.75 Å². The van der Waals surface area contributed by atoms with E-state index < -0.39 is 10.8 Å². The highest BCUT2D eigenvalue weighted by atomic mass is 32.2. The number of benzene rings is 2. The molecule has 3 nitrogen and oxygen atoms in total. The Kier molecular flexibility index (Phi) is 4.22. The zero-order valence-electron chi connectivity index (χ0n) is 11.1. The van der Waals surface area contributed by atoms with E-state index in [0.29, 0.717) is 16.4 Å². The summed E-state index contributed by atoms with van der Waals surface area (Å²) in [5.41, 5.74) is 8.59. The van der Waals surface area contributed by atoms with Crippen molar-refractivity contribution >= 4 is 16.5 Å². The lowest BCUT2D eigenvalue weighted by Gasteiger charge is -2.10. The summed E-state index contributed by atoms with van der Waals surface area (Å²) in [5.74, 6) is 1.10. The number of nitrogen functional groups attached to an aromatic ring is 1. The van der Waals surface area contributed by atoms with Crippen molar-refractivity contribution in [3.05, 3.63) is 53.6 Å². The van der Waals surface area contributed by atoms with Crippen LogP contribution in [0.3, 0.4) is 0 Å². The standard InChI is InChI=1S/C15H17NO2S/c1-11-12(6-5-7-13(11)16)10-19(17)15-9-4-3-8-14(15)18-2/h3-9H,10,16H2,1-2H3. The lowest BCUT2D eigenvalue weighted by Crippen LogP contribution is -2.02. The molecule has 0 bridgehead atoms. The summed E-state index contributed by atoms with van der Waals surface area (Å²) in [6.07, 6.45) is 0. The van der Waals surface area contributed by atoms with Gasteiger partial charge in [-0.3, -0.25) is 4.21 Å². The SMILES string of the molecule is COc1ccccc1S(=O)Cc1cccc(N)c1C. The molecule has 19 heavy (non-hydrogen) atoms. The number of rotatable bonds is 4. The Hall–Kier alpha value is -1.81. The average molecular weight is 275 g/mol. The number of anilines is 1. The van der Waals surface area contributed by atoms with Crippen molar-refractivity contribution in [3.63, 3.8) is 0 Å². The molecule has 0 fully saturated rings. The van der Waals surface area contributed by atoms with Gasteiger partial charge in [0.15, 0.2) is 0 Å². The predicted molar refractivity (Wildman–Crippen MR) is 78.7 cm³/mol. The van der Waals surface area contributed by atoms with E-state index in [4.69, 9.17) is 10.5 Å². The van der Waals surface area contributed by atoms with Crippen LogP contribution in [0.2, 0.25) is 0 Å². The zero-order valence-corrected chi connectivity index (χ0v) is 11.9. The molecule has 2 N–H and O–H groups in total. The molecule has 2 aromatic carbocycles. The first kappa shape index (κ1) is 13.6. The molecule has 0 saturated carbocycles. The van der Waals surface area contributed by atoms with Crippen LogP contribution in [0.4, 0.5) is 5.69 Å². The fraction of sp³-hybridized carbons (Fsp3) is 0.200. The molecule has 0 saturated heterocycles. The first-order valence-electron chi connectivity index (χ1n) is 5.99. The molecule has 2 rings (SSSR count). The highest BCUT2D eigenvalue weighted by molar-refractivity contribution is 7.84. The highest BCUT2D eigenvalue weighted by Gasteiger charge is 2.12. The molecule has 0 heterocycles. The van der Waals surface area contributed by atoms with Crippen LogP contribution in [0.15, 0.2) is 47.4 Å². The minimum atomic E-state index is -1.14. The van der Waals surface area contributed by atoms with Crippen molar-refractivity contribution in [2.45, 2.75) is 17.6 Å². The Morgan fingerprint density at radius 3 is 2.63 bits per heavy atom. The molecule has 4 heteroatoms. The van der Waals surface area contributed by atoms with Gasteiger partial charge in [-0.2, -0.15) is 0 Å². The Balaban J connectivity index is 2.28. The molecular weight excluding hydrogens is 258 g/mol. The average Bonchev–Trinajstić information content (AvgIpc) is 2.43. The maximum atomic E-state index is 12.4. The quantitative estimate of drug-likeness (QED) is 0.873. The second-order valence-electron chi connectivity index (χ2n) is 4.27. The van der Waals surface area contributed by atoms with Gasteiger partial charge in [-0.25, -0.2) is 0 Å². The monoisotopic (exact) mass is 275 g/mol. The Bertz CT molecular complexity index is 611. The van der Waals surface area contributed by atoms with Gasteiger partial charge < -0.3 is 10.5 Å². The fourth-order valence-corrected chi connectivity index (χ4v) is 3.24. The van der Waals surface area contributed by atoms with Gasteiger partial charge in [0.2, 0.25) is 0 Å². The van der Waals surface area contributed by atoms with E-state index in [9.17, 15) is 4.21 Å². The van der Waals surface area contributed by atoms with Crippen LogP contribution in [-0.2, 0) is 16.6 Å². The number of hydrogen-bond acceptors (Lipinski definition) is 3. The number of hydrogen-bond donors (Lipinski definition) is 1. The van der Waals surface area contributed by atoms with Gasteiger partial charge in [0, 0.05) is 5.69 Å². The molecule has 0 radical (unpaired) electrons. The fourth-order valence-electron chi connectivity index (χ4n) is 1.89. The minimum Gasteiger partial charge on any atom is -0.495 e. The molecule has 0 aliphatic carbocycles. The molecule has 0 aliphatic rings. The smallest absolute Gasteiger partial charge is 0.134 e. The number of methoxy groups -OCH3 is 1. The second kappa shape index (κ2) is 5.89. The summed E-state index contributed by atoms with van der Waals surface area (Å²) in [5, 5.41) is 0. The van der Waals surface area contributed by atoms with Gasteiger partial charge in [0.05, 0.1) is 28.6 Å². The lowest BCUT2D eigenvalue weighted by atomic mass is 10.1.